The normalized spacial score (nSPS) is 18.9. The highest BCUT2D eigenvalue weighted by atomic mass is 31.2. The number of amides is 1. The van der Waals surface area contributed by atoms with Gasteiger partial charge in [0.2, 0.25) is 0 Å². The van der Waals surface area contributed by atoms with Crippen molar-refractivity contribution in [3.63, 3.8) is 0 Å². The Bertz CT molecular complexity index is 969. The summed E-state index contributed by atoms with van der Waals surface area (Å²) in [6, 6.07) is 11.2. The number of nitrogens with zero attached hydrogens (tertiary/aromatic N) is 2. The summed E-state index contributed by atoms with van der Waals surface area (Å²) in [5.41, 5.74) is 0.548. The Morgan fingerprint density at radius 3 is 2.28 bits per heavy atom. The SMILES string of the molecule is O=C(Nc1cc(F)c(N2CCN(P3(=O)OCCCO3)CC2)c(F)c1)OCc1ccccc1. The number of carbonyl (C=O) groups excluding carboxylic acids is 1. The number of hydrogen-bond donors (Lipinski definition) is 1. The largest absolute Gasteiger partial charge is 0.444 e. The van der Waals surface area contributed by atoms with Crippen LogP contribution in [-0.4, -0.2) is 50.2 Å². The number of halogens is 2. The monoisotopic (exact) mass is 467 g/mol. The lowest BCUT2D eigenvalue weighted by Gasteiger charge is -2.39. The highest BCUT2D eigenvalue weighted by molar-refractivity contribution is 7.51. The lowest BCUT2D eigenvalue weighted by Crippen LogP contribution is -2.46. The van der Waals surface area contributed by atoms with Crippen molar-refractivity contribution in [2.45, 2.75) is 13.0 Å². The Morgan fingerprint density at radius 2 is 1.66 bits per heavy atom. The number of benzene rings is 2. The highest BCUT2D eigenvalue weighted by Gasteiger charge is 2.38. The van der Waals surface area contributed by atoms with Gasteiger partial charge in [-0.3, -0.25) is 14.4 Å². The first-order valence-corrected chi connectivity index (χ1v) is 11.8. The van der Waals surface area contributed by atoms with Crippen LogP contribution in [-0.2, 0) is 25.0 Å². The molecular weight excluding hydrogens is 443 g/mol. The average Bonchev–Trinajstić information content (AvgIpc) is 2.79. The van der Waals surface area contributed by atoms with E-state index < -0.39 is 25.5 Å². The Kier molecular flexibility index (Phi) is 7.05. The molecule has 2 fully saturated rings. The van der Waals surface area contributed by atoms with Gasteiger partial charge >= 0.3 is 13.8 Å². The van der Waals surface area contributed by atoms with E-state index in [0.717, 1.165) is 17.7 Å². The lowest BCUT2D eigenvalue weighted by atomic mass is 10.2. The van der Waals surface area contributed by atoms with E-state index >= 15 is 0 Å². The summed E-state index contributed by atoms with van der Waals surface area (Å²) in [5.74, 6) is -1.62. The molecule has 0 bridgehead atoms. The molecule has 0 atom stereocenters. The summed E-state index contributed by atoms with van der Waals surface area (Å²) in [4.78, 5) is 13.5. The van der Waals surface area contributed by atoms with Gasteiger partial charge in [0.15, 0.2) is 11.6 Å². The van der Waals surface area contributed by atoms with E-state index in [4.69, 9.17) is 13.8 Å². The summed E-state index contributed by atoms with van der Waals surface area (Å²) in [6.07, 6.45) is -0.133. The highest BCUT2D eigenvalue weighted by Crippen LogP contribution is 2.54. The first-order valence-electron chi connectivity index (χ1n) is 10.3. The molecule has 0 unspecified atom stereocenters. The van der Waals surface area contributed by atoms with E-state index in [1.165, 1.54) is 4.90 Å². The fraction of sp³-hybridized carbons (Fsp3) is 0.381. The van der Waals surface area contributed by atoms with Gasteiger partial charge in [0.05, 0.1) is 13.2 Å². The van der Waals surface area contributed by atoms with Crippen LogP contribution in [0.2, 0.25) is 0 Å². The van der Waals surface area contributed by atoms with Crippen LogP contribution in [0.4, 0.5) is 25.0 Å². The number of anilines is 2. The van der Waals surface area contributed by atoms with Gasteiger partial charge in [-0.15, -0.1) is 0 Å². The van der Waals surface area contributed by atoms with E-state index in [0.29, 0.717) is 19.6 Å². The van der Waals surface area contributed by atoms with E-state index in [1.807, 2.05) is 18.2 Å². The Hall–Kier alpha value is -2.52. The molecule has 2 saturated heterocycles. The summed E-state index contributed by atoms with van der Waals surface area (Å²) < 4.78 is 59.5. The Balaban J connectivity index is 1.35. The minimum absolute atomic E-state index is 0.0390. The maximum atomic E-state index is 14.7. The van der Waals surface area contributed by atoms with Gasteiger partial charge < -0.3 is 9.64 Å². The summed E-state index contributed by atoms with van der Waals surface area (Å²) in [7, 11) is -3.33. The molecule has 1 amide bonds. The zero-order chi connectivity index (χ0) is 22.6. The summed E-state index contributed by atoms with van der Waals surface area (Å²) in [6.45, 7) is 1.82. The van der Waals surface area contributed by atoms with E-state index in [9.17, 15) is 18.1 Å². The van der Waals surface area contributed by atoms with Crippen LogP contribution in [0.25, 0.3) is 0 Å². The van der Waals surface area contributed by atoms with E-state index in [2.05, 4.69) is 5.32 Å². The van der Waals surface area contributed by atoms with Crippen molar-refractivity contribution in [1.29, 1.82) is 0 Å². The van der Waals surface area contributed by atoms with Gasteiger partial charge in [0, 0.05) is 31.9 Å². The van der Waals surface area contributed by atoms with Gasteiger partial charge in [0.25, 0.3) is 0 Å². The molecule has 2 aliphatic rings. The van der Waals surface area contributed by atoms with Gasteiger partial charge in [0.1, 0.15) is 12.3 Å². The minimum Gasteiger partial charge on any atom is -0.444 e. The van der Waals surface area contributed by atoms with Crippen LogP contribution in [0.5, 0.6) is 0 Å². The quantitative estimate of drug-likeness (QED) is 0.654. The molecule has 32 heavy (non-hydrogen) atoms. The maximum absolute atomic E-state index is 14.7. The number of ether oxygens (including phenoxy) is 1. The van der Waals surface area contributed by atoms with Crippen molar-refractivity contribution in [2.75, 3.05) is 49.6 Å². The predicted molar refractivity (Wildman–Crippen MR) is 115 cm³/mol. The second-order valence-corrected chi connectivity index (χ2v) is 9.42. The molecule has 0 spiro atoms. The number of piperazine rings is 1. The van der Waals surface area contributed by atoms with E-state index in [1.54, 1.807) is 16.8 Å². The first kappa shape index (κ1) is 22.7. The van der Waals surface area contributed by atoms with Crippen molar-refractivity contribution in [3.05, 3.63) is 59.7 Å². The third kappa shape index (κ3) is 5.27. The minimum atomic E-state index is -3.33. The van der Waals surface area contributed by atoms with Crippen molar-refractivity contribution in [2.24, 2.45) is 0 Å². The molecule has 0 aliphatic carbocycles. The van der Waals surface area contributed by atoms with Crippen molar-refractivity contribution in [3.8, 4) is 0 Å². The van der Waals surface area contributed by atoms with Crippen LogP contribution in [0, 0.1) is 11.6 Å². The van der Waals surface area contributed by atoms with Crippen molar-refractivity contribution in [1.82, 2.24) is 4.67 Å². The molecule has 2 heterocycles. The number of hydrogen-bond acceptors (Lipinski definition) is 6. The van der Waals surface area contributed by atoms with Gasteiger partial charge in [-0.25, -0.2) is 22.8 Å². The van der Waals surface area contributed by atoms with Crippen LogP contribution in [0.3, 0.4) is 0 Å². The Morgan fingerprint density at radius 1 is 1.03 bits per heavy atom. The molecule has 172 valence electrons. The molecule has 2 aliphatic heterocycles. The second kappa shape index (κ2) is 9.95. The summed E-state index contributed by atoms with van der Waals surface area (Å²) >= 11 is 0. The lowest BCUT2D eigenvalue weighted by molar-refractivity contribution is 0.107. The molecule has 2 aromatic carbocycles. The summed E-state index contributed by atoms with van der Waals surface area (Å²) in [5, 5.41) is 2.34. The number of rotatable bonds is 5. The molecule has 8 nitrogen and oxygen atoms in total. The van der Waals surface area contributed by atoms with Gasteiger partial charge in [-0.1, -0.05) is 30.3 Å². The molecule has 1 N–H and O–H groups in total. The standard InChI is InChI=1S/C21H24F2N3O5P/c22-18-13-17(24-21(27)29-15-16-5-2-1-3-6-16)14-19(23)20(18)25-7-9-26(10-8-25)32(28)30-11-4-12-31-32/h1-3,5-6,13-14H,4,7-12,15H2,(H,24,27). The topological polar surface area (TPSA) is 80.3 Å². The van der Waals surface area contributed by atoms with Crippen molar-refractivity contribution < 1.29 is 31.9 Å². The molecule has 2 aromatic rings. The van der Waals surface area contributed by atoms with Crippen LogP contribution >= 0.6 is 7.75 Å². The average molecular weight is 467 g/mol. The second-order valence-electron chi connectivity index (χ2n) is 7.40. The molecule has 0 saturated carbocycles. The Labute approximate surface area is 184 Å². The van der Waals surface area contributed by atoms with Gasteiger partial charge in [-0.05, 0) is 24.1 Å². The van der Waals surface area contributed by atoms with E-state index in [-0.39, 0.29) is 44.2 Å². The fourth-order valence-electron chi connectivity index (χ4n) is 3.60. The molecule has 0 aromatic heterocycles. The molecule has 11 heteroatoms. The number of nitrogens with one attached hydrogen (secondary N) is 1. The van der Waals surface area contributed by atoms with Crippen molar-refractivity contribution >= 4 is 25.2 Å². The van der Waals surface area contributed by atoms with Crippen LogP contribution in [0.15, 0.2) is 42.5 Å². The zero-order valence-electron chi connectivity index (χ0n) is 17.3. The molecule has 0 radical (unpaired) electrons. The first-order chi connectivity index (χ1) is 15.4. The van der Waals surface area contributed by atoms with Crippen LogP contribution in [0.1, 0.15) is 12.0 Å². The third-order valence-corrected chi connectivity index (χ3v) is 7.30. The fourth-order valence-corrected chi connectivity index (χ4v) is 5.39. The smallest absolute Gasteiger partial charge is 0.411 e. The third-order valence-electron chi connectivity index (χ3n) is 5.19. The number of carbonyl (C=O) groups is 1. The predicted octanol–water partition coefficient (Wildman–Crippen LogP) is 4.38. The molecular formula is C21H24F2N3O5P. The van der Waals surface area contributed by atoms with Crippen LogP contribution < -0.4 is 10.2 Å². The van der Waals surface area contributed by atoms with Gasteiger partial charge in [-0.2, -0.15) is 0 Å². The molecule has 4 rings (SSSR count). The zero-order valence-corrected chi connectivity index (χ0v) is 18.2. The maximum Gasteiger partial charge on any atom is 0.411 e.